The lowest BCUT2D eigenvalue weighted by atomic mass is 10.6. The van der Waals surface area contributed by atoms with Crippen LogP contribution in [0.1, 0.15) is 0 Å². The van der Waals surface area contributed by atoms with Crippen molar-refractivity contribution < 1.29 is 0 Å². The van der Waals surface area contributed by atoms with E-state index in [1.54, 1.807) is 17.1 Å². The fourth-order valence-corrected chi connectivity index (χ4v) is 1.08. The number of imidazole rings is 1. The second kappa shape index (κ2) is 2.47. The Hall–Kier alpha value is -1.16. The van der Waals surface area contributed by atoms with Crippen LogP contribution in [-0.4, -0.2) is 19.5 Å². The predicted molar refractivity (Wildman–Crippen MR) is 41.2 cm³/mol. The normalized spacial score (nSPS) is 10.6. The highest BCUT2D eigenvalue weighted by Crippen LogP contribution is 2.07. The van der Waals surface area contributed by atoms with Crippen LogP contribution < -0.4 is 0 Å². The van der Waals surface area contributed by atoms with Crippen LogP contribution in [0.15, 0.2) is 18.9 Å². The molecule has 0 amide bonds. The Kier molecular flexibility index (Phi) is 1.47. The molecule has 0 unspecified atom stereocenters. The first-order valence-corrected chi connectivity index (χ1v) is 3.62. The Morgan fingerprint density at radius 1 is 1.45 bits per heavy atom. The summed E-state index contributed by atoms with van der Waals surface area (Å²) < 4.78 is 1.75. The minimum absolute atomic E-state index is 0.369. The van der Waals surface area contributed by atoms with E-state index in [0.29, 0.717) is 6.00 Å². The van der Waals surface area contributed by atoms with Gasteiger partial charge >= 0.3 is 0 Å². The molecule has 0 aromatic carbocycles. The first-order chi connectivity index (χ1) is 5.42. The van der Waals surface area contributed by atoms with Crippen molar-refractivity contribution in [3.05, 3.63) is 18.9 Å². The van der Waals surface area contributed by atoms with Crippen LogP contribution in [0.25, 0.3) is 11.2 Å². The summed E-state index contributed by atoms with van der Waals surface area (Å²) in [6.07, 6.45) is 4.78. The molecule has 0 aliphatic heterocycles. The van der Waals surface area contributed by atoms with Crippen LogP contribution >= 0.6 is 11.6 Å². The summed E-state index contributed by atoms with van der Waals surface area (Å²) in [6.45, 7) is 0. The zero-order valence-corrected chi connectivity index (χ0v) is 6.36. The van der Waals surface area contributed by atoms with Gasteiger partial charge in [-0.25, -0.2) is 15.0 Å². The number of fused-ring (bicyclic) bond motifs is 1. The number of hydrogen-bond donors (Lipinski definition) is 0. The van der Waals surface area contributed by atoms with Gasteiger partial charge in [-0.3, -0.25) is 0 Å². The Morgan fingerprint density at radius 2 is 2.36 bits per heavy atom. The van der Waals surface area contributed by atoms with Crippen molar-refractivity contribution in [3.63, 3.8) is 0 Å². The fourth-order valence-electron chi connectivity index (χ4n) is 0.902. The van der Waals surface area contributed by atoms with Crippen molar-refractivity contribution in [2.75, 3.05) is 0 Å². The van der Waals surface area contributed by atoms with Gasteiger partial charge in [-0.2, -0.15) is 0 Å². The number of nitrogens with zero attached hydrogens (tertiary/aromatic N) is 4. The summed E-state index contributed by atoms with van der Waals surface area (Å²) in [5, 5.41) is 0. The van der Waals surface area contributed by atoms with Gasteiger partial charge in [0.15, 0.2) is 5.65 Å². The zero-order chi connectivity index (χ0) is 7.68. The molecule has 2 rings (SSSR count). The molecule has 0 spiro atoms. The van der Waals surface area contributed by atoms with Crippen LogP contribution in [0.2, 0.25) is 0 Å². The molecule has 0 N–H and O–H groups in total. The van der Waals surface area contributed by atoms with Gasteiger partial charge < -0.3 is 4.57 Å². The van der Waals surface area contributed by atoms with Crippen molar-refractivity contribution in [1.29, 1.82) is 0 Å². The maximum Gasteiger partial charge on any atom is 0.164 e. The summed E-state index contributed by atoms with van der Waals surface area (Å²) in [5.41, 5.74) is 1.54. The highest BCUT2D eigenvalue weighted by Gasteiger charge is 2.00. The number of rotatable bonds is 1. The van der Waals surface area contributed by atoms with E-state index in [2.05, 4.69) is 15.0 Å². The molecule has 2 aromatic rings. The molecule has 4 nitrogen and oxygen atoms in total. The van der Waals surface area contributed by atoms with E-state index >= 15 is 0 Å². The molecule has 0 fully saturated rings. The van der Waals surface area contributed by atoms with E-state index in [-0.39, 0.29) is 0 Å². The van der Waals surface area contributed by atoms with E-state index < -0.39 is 0 Å². The van der Waals surface area contributed by atoms with Gasteiger partial charge in [-0.15, -0.1) is 11.6 Å². The lowest BCUT2D eigenvalue weighted by Crippen LogP contribution is -1.90. The lowest BCUT2D eigenvalue weighted by molar-refractivity contribution is 0.896. The van der Waals surface area contributed by atoms with Gasteiger partial charge in [-0.05, 0) is 0 Å². The maximum atomic E-state index is 5.61. The maximum absolute atomic E-state index is 5.61. The van der Waals surface area contributed by atoms with Crippen molar-refractivity contribution in [2.24, 2.45) is 0 Å². The highest BCUT2D eigenvalue weighted by atomic mass is 35.5. The molecule has 0 aliphatic rings. The molecule has 2 aromatic heterocycles. The Morgan fingerprint density at radius 3 is 3.18 bits per heavy atom. The second-order valence-corrected chi connectivity index (χ2v) is 2.30. The van der Waals surface area contributed by atoms with Crippen molar-refractivity contribution in [1.82, 2.24) is 19.5 Å². The lowest BCUT2D eigenvalue weighted by Gasteiger charge is -1.92. The summed E-state index contributed by atoms with van der Waals surface area (Å²) in [5.74, 6) is 0. The van der Waals surface area contributed by atoms with E-state index in [9.17, 15) is 0 Å². The van der Waals surface area contributed by atoms with Gasteiger partial charge in [0, 0.05) is 0 Å². The van der Waals surface area contributed by atoms with Crippen molar-refractivity contribution in [3.8, 4) is 0 Å². The van der Waals surface area contributed by atoms with Crippen LogP contribution in [0.3, 0.4) is 0 Å². The molecule has 56 valence electrons. The third-order valence-electron chi connectivity index (χ3n) is 1.41. The molecule has 11 heavy (non-hydrogen) atoms. The van der Waals surface area contributed by atoms with Crippen LogP contribution in [0, 0.1) is 0 Å². The Labute approximate surface area is 67.9 Å². The first kappa shape index (κ1) is 6.54. The van der Waals surface area contributed by atoms with Gasteiger partial charge in [0.2, 0.25) is 0 Å². The van der Waals surface area contributed by atoms with Crippen molar-refractivity contribution in [2.45, 2.75) is 6.00 Å². The summed E-state index contributed by atoms with van der Waals surface area (Å²) in [4.78, 5) is 11.9. The molecular weight excluding hydrogens is 164 g/mol. The Balaban J connectivity index is 2.76. The SMILES string of the molecule is ClCn1cnc2cncnc21. The zero-order valence-electron chi connectivity index (χ0n) is 5.61. The number of halogens is 1. The van der Waals surface area contributed by atoms with Gasteiger partial charge in [0.25, 0.3) is 0 Å². The minimum Gasteiger partial charge on any atom is -0.301 e. The molecule has 0 saturated heterocycles. The second-order valence-electron chi connectivity index (χ2n) is 2.07. The van der Waals surface area contributed by atoms with Crippen LogP contribution in [0.4, 0.5) is 0 Å². The predicted octanol–water partition coefficient (Wildman–Crippen LogP) is 1.02. The number of aromatic nitrogens is 4. The van der Waals surface area contributed by atoms with Gasteiger partial charge in [0.05, 0.1) is 12.5 Å². The number of alkyl halides is 1. The van der Waals surface area contributed by atoms with E-state index in [1.165, 1.54) is 6.33 Å². The molecule has 0 bridgehead atoms. The highest BCUT2D eigenvalue weighted by molar-refractivity contribution is 6.15. The van der Waals surface area contributed by atoms with Crippen LogP contribution in [0.5, 0.6) is 0 Å². The molecule has 5 heteroatoms. The van der Waals surface area contributed by atoms with Crippen LogP contribution in [-0.2, 0) is 6.00 Å². The number of hydrogen-bond acceptors (Lipinski definition) is 3. The fraction of sp³-hybridized carbons (Fsp3) is 0.167. The third kappa shape index (κ3) is 0.952. The summed E-state index contributed by atoms with van der Waals surface area (Å²) in [7, 11) is 0. The molecule has 0 radical (unpaired) electrons. The molecule has 0 saturated carbocycles. The average Bonchev–Trinajstić information content (AvgIpc) is 2.47. The van der Waals surface area contributed by atoms with Crippen molar-refractivity contribution >= 4 is 22.8 Å². The van der Waals surface area contributed by atoms with Gasteiger partial charge in [-0.1, -0.05) is 0 Å². The molecule has 0 atom stereocenters. The Bertz CT molecular complexity index is 369. The minimum atomic E-state index is 0.369. The monoisotopic (exact) mass is 168 g/mol. The molecule has 2 heterocycles. The average molecular weight is 169 g/mol. The van der Waals surface area contributed by atoms with E-state index in [4.69, 9.17) is 11.6 Å². The van der Waals surface area contributed by atoms with Gasteiger partial charge in [0.1, 0.15) is 17.8 Å². The largest absolute Gasteiger partial charge is 0.301 e. The molecular formula is C6H5ClN4. The standard InChI is InChI=1S/C6H5ClN4/c7-2-11-4-10-5-1-8-3-9-6(5)11/h1,3-4H,2H2. The summed E-state index contributed by atoms with van der Waals surface area (Å²) in [6, 6.07) is 0.369. The topological polar surface area (TPSA) is 43.6 Å². The third-order valence-corrected chi connectivity index (χ3v) is 1.67. The van der Waals surface area contributed by atoms with E-state index in [0.717, 1.165) is 11.2 Å². The quantitative estimate of drug-likeness (QED) is 0.598. The van der Waals surface area contributed by atoms with E-state index in [1.807, 2.05) is 0 Å². The first-order valence-electron chi connectivity index (χ1n) is 3.08. The molecule has 0 aliphatic carbocycles. The smallest absolute Gasteiger partial charge is 0.164 e. The summed E-state index contributed by atoms with van der Waals surface area (Å²) >= 11 is 5.61.